The number of aliphatic hydroxyl groups excluding tert-OH is 1. The van der Waals surface area contributed by atoms with E-state index in [1.54, 1.807) is 0 Å². The Balaban J connectivity index is 2.17. The maximum atomic E-state index is 9.04. The molecule has 1 aliphatic rings. The van der Waals surface area contributed by atoms with Gasteiger partial charge in [-0.3, -0.25) is 0 Å². The third-order valence-corrected chi connectivity index (χ3v) is 3.59. The monoisotopic (exact) mass is 235 g/mol. The fourth-order valence-electron chi connectivity index (χ4n) is 2.68. The third-order valence-electron chi connectivity index (χ3n) is 3.59. The van der Waals surface area contributed by atoms with E-state index < -0.39 is 0 Å². The van der Waals surface area contributed by atoms with Gasteiger partial charge >= 0.3 is 0 Å². The Labute approximate surface area is 103 Å². The van der Waals surface area contributed by atoms with Crippen LogP contribution in [0.3, 0.4) is 0 Å². The lowest BCUT2D eigenvalue weighted by atomic mass is 9.79. The van der Waals surface area contributed by atoms with Crippen molar-refractivity contribution in [2.24, 2.45) is 0 Å². The molecule has 1 aromatic rings. The van der Waals surface area contributed by atoms with E-state index >= 15 is 0 Å². The molecule has 0 bridgehead atoms. The van der Waals surface area contributed by atoms with Gasteiger partial charge in [-0.15, -0.1) is 0 Å². The molecule has 0 spiro atoms. The van der Waals surface area contributed by atoms with Crippen LogP contribution in [0.15, 0.2) is 12.3 Å². The fourth-order valence-corrected chi connectivity index (χ4v) is 2.68. The largest absolute Gasteiger partial charge is 0.395 e. The number of likely N-dealkylation sites (tertiary alicyclic amines) is 1. The highest BCUT2D eigenvalue weighted by molar-refractivity contribution is 5.17. The maximum Gasteiger partial charge on any atom is 0.125 e. The number of piperidine rings is 1. The minimum absolute atomic E-state index is 0.0983. The van der Waals surface area contributed by atoms with E-state index in [-0.39, 0.29) is 12.0 Å². The van der Waals surface area contributed by atoms with Crippen molar-refractivity contribution in [1.29, 1.82) is 0 Å². The van der Waals surface area contributed by atoms with Crippen molar-refractivity contribution >= 4 is 0 Å². The second-order valence-electron chi connectivity index (χ2n) is 5.15. The van der Waals surface area contributed by atoms with Gasteiger partial charge in [-0.25, -0.2) is 9.97 Å². The zero-order chi connectivity index (χ0) is 12.3. The Morgan fingerprint density at radius 2 is 2.35 bits per heavy atom. The average molecular weight is 235 g/mol. The smallest absolute Gasteiger partial charge is 0.125 e. The molecule has 1 aliphatic heterocycles. The van der Waals surface area contributed by atoms with Crippen molar-refractivity contribution in [1.82, 2.24) is 14.9 Å². The summed E-state index contributed by atoms with van der Waals surface area (Å²) in [4.78, 5) is 11.0. The number of β-amino-alcohol motifs (C(OH)–C–C–N with tert-alkyl or cyclic N) is 1. The Hall–Kier alpha value is -1.00. The van der Waals surface area contributed by atoms with Crippen LogP contribution < -0.4 is 0 Å². The summed E-state index contributed by atoms with van der Waals surface area (Å²) in [7, 11) is 0. The third kappa shape index (κ3) is 2.82. The molecular formula is C13H21N3O. The number of hydrogen-bond acceptors (Lipinski definition) is 4. The molecule has 4 nitrogen and oxygen atoms in total. The minimum Gasteiger partial charge on any atom is -0.395 e. The van der Waals surface area contributed by atoms with Crippen molar-refractivity contribution in [3.05, 3.63) is 23.8 Å². The highest BCUT2D eigenvalue weighted by Crippen LogP contribution is 2.32. The summed E-state index contributed by atoms with van der Waals surface area (Å²) in [6.45, 7) is 7.25. The van der Waals surface area contributed by atoms with Crippen LogP contribution in [-0.2, 0) is 5.41 Å². The molecule has 2 rings (SSSR count). The Bertz CT molecular complexity index is 381. The lowest BCUT2D eigenvalue weighted by Gasteiger charge is -2.40. The van der Waals surface area contributed by atoms with Gasteiger partial charge in [0.25, 0.3) is 0 Å². The molecule has 1 unspecified atom stereocenters. The summed E-state index contributed by atoms with van der Waals surface area (Å²) in [5.41, 5.74) is 1.23. The Kier molecular flexibility index (Phi) is 3.74. The van der Waals surface area contributed by atoms with Gasteiger partial charge in [-0.1, -0.05) is 6.92 Å². The van der Waals surface area contributed by atoms with Crippen LogP contribution in [-0.4, -0.2) is 46.2 Å². The molecular weight excluding hydrogens is 214 g/mol. The molecule has 0 aromatic carbocycles. The van der Waals surface area contributed by atoms with Crippen LogP contribution in [0.1, 0.15) is 31.3 Å². The zero-order valence-corrected chi connectivity index (χ0v) is 10.7. The van der Waals surface area contributed by atoms with E-state index in [0.717, 1.165) is 37.6 Å². The van der Waals surface area contributed by atoms with E-state index in [9.17, 15) is 0 Å². The van der Waals surface area contributed by atoms with Crippen LogP contribution >= 0.6 is 0 Å². The summed E-state index contributed by atoms with van der Waals surface area (Å²) >= 11 is 0. The van der Waals surface area contributed by atoms with Crippen LogP contribution in [0.5, 0.6) is 0 Å². The van der Waals surface area contributed by atoms with E-state index in [1.807, 2.05) is 19.2 Å². The molecule has 1 aromatic heterocycles. The quantitative estimate of drug-likeness (QED) is 0.853. The summed E-state index contributed by atoms with van der Waals surface area (Å²) in [6, 6.07) is 2.02. The van der Waals surface area contributed by atoms with Gasteiger partial charge in [0.15, 0.2) is 0 Å². The predicted octanol–water partition coefficient (Wildman–Crippen LogP) is 1.13. The molecule has 1 saturated heterocycles. The number of aromatic nitrogens is 2. The molecule has 1 fully saturated rings. The van der Waals surface area contributed by atoms with Crippen molar-refractivity contribution in [2.75, 3.05) is 26.2 Å². The molecule has 2 heterocycles. The van der Waals surface area contributed by atoms with Crippen molar-refractivity contribution in [3.8, 4) is 0 Å². The van der Waals surface area contributed by atoms with E-state index in [0.29, 0.717) is 0 Å². The first-order chi connectivity index (χ1) is 8.14. The molecule has 4 heteroatoms. The second-order valence-corrected chi connectivity index (χ2v) is 5.15. The summed E-state index contributed by atoms with van der Waals surface area (Å²) in [5, 5.41) is 9.04. The fraction of sp³-hybridized carbons (Fsp3) is 0.692. The minimum atomic E-state index is 0.0983. The first-order valence-electron chi connectivity index (χ1n) is 6.27. The highest BCUT2D eigenvalue weighted by Gasteiger charge is 2.33. The van der Waals surface area contributed by atoms with Gasteiger partial charge in [0.1, 0.15) is 5.82 Å². The first-order valence-corrected chi connectivity index (χ1v) is 6.27. The van der Waals surface area contributed by atoms with Crippen LogP contribution in [0, 0.1) is 6.92 Å². The van der Waals surface area contributed by atoms with Gasteiger partial charge in [0, 0.05) is 24.7 Å². The molecule has 17 heavy (non-hydrogen) atoms. The lowest BCUT2D eigenvalue weighted by molar-refractivity contribution is 0.125. The number of hydrogen-bond donors (Lipinski definition) is 1. The van der Waals surface area contributed by atoms with Gasteiger partial charge in [0.2, 0.25) is 0 Å². The van der Waals surface area contributed by atoms with Gasteiger partial charge in [-0.05, 0) is 32.4 Å². The van der Waals surface area contributed by atoms with E-state index in [4.69, 9.17) is 5.11 Å². The molecule has 0 aliphatic carbocycles. The molecule has 0 radical (unpaired) electrons. The van der Waals surface area contributed by atoms with Gasteiger partial charge in [0.05, 0.1) is 12.3 Å². The van der Waals surface area contributed by atoms with Crippen molar-refractivity contribution in [2.45, 2.75) is 32.1 Å². The van der Waals surface area contributed by atoms with E-state index in [2.05, 4.69) is 21.8 Å². The zero-order valence-electron chi connectivity index (χ0n) is 10.7. The standard InChI is InChI=1S/C13H21N3O/c1-11-14-6-4-12(15-11)13(2)5-3-7-16(10-13)8-9-17/h4,6,17H,3,5,7-10H2,1-2H3. The van der Waals surface area contributed by atoms with Gasteiger partial charge < -0.3 is 10.0 Å². The Morgan fingerprint density at radius 1 is 1.53 bits per heavy atom. The van der Waals surface area contributed by atoms with E-state index in [1.165, 1.54) is 6.42 Å². The maximum absolute atomic E-state index is 9.04. The highest BCUT2D eigenvalue weighted by atomic mass is 16.3. The average Bonchev–Trinajstić information content (AvgIpc) is 2.30. The topological polar surface area (TPSA) is 49.2 Å². The summed E-state index contributed by atoms with van der Waals surface area (Å²) < 4.78 is 0. The Morgan fingerprint density at radius 3 is 3.06 bits per heavy atom. The predicted molar refractivity (Wildman–Crippen MR) is 66.9 cm³/mol. The molecule has 0 amide bonds. The number of nitrogens with zero attached hydrogens (tertiary/aromatic N) is 3. The first kappa shape index (κ1) is 12.5. The molecule has 94 valence electrons. The van der Waals surface area contributed by atoms with Crippen LogP contribution in [0.25, 0.3) is 0 Å². The van der Waals surface area contributed by atoms with Crippen molar-refractivity contribution in [3.63, 3.8) is 0 Å². The van der Waals surface area contributed by atoms with Gasteiger partial charge in [-0.2, -0.15) is 0 Å². The number of aryl methyl sites for hydroxylation is 1. The van der Waals surface area contributed by atoms with Crippen molar-refractivity contribution < 1.29 is 5.11 Å². The molecule has 1 N–H and O–H groups in total. The van der Waals surface area contributed by atoms with Crippen LogP contribution in [0.4, 0.5) is 0 Å². The molecule has 0 saturated carbocycles. The summed E-state index contributed by atoms with van der Waals surface area (Å²) in [6.07, 6.45) is 4.17. The lowest BCUT2D eigenvalue weighted by Crippen LogP contribution is -2.45. The number of rotatable bonds is 3. The number of aliphatic hydroxyl groups is 1. The summed E-state index contributed by atoms with van der Waals surface area (Å²) in [5.74, 6) is 0.836. The molecule has 1 atom stereocenters. The van der Waals surface area contributed by atoms with Crippen LogP contribution in [0.2, 0.25) is 0 Å². The SMILES string of the molecule is Cc1nccc(C2(C)CCCN(CCO)C2)n1. The normalized spacial score (nSPS) is 26.1. The second kappa shape index (κ2) is 5.10.